The molecule has 1 saturated heterocycles. The molecule has 1 amide bonds. The predicted molar refractivity (Wildman–Crippen MR) is 152 cm³/mol. The Hall–Kier alpha value is -2.47. The zero-order chi connectivity index (χ0) is 23.6. The highest BCUT2D eigenvalue weighted by molar-refractivity contribution is 8.22. The number of thioether (sulfide) groups is 2. The largest absolute Gasteiger partial charge is 0.344 e. The van der Waals surface area contributed by atoms with E-state index in [2.05, 4.69) is 115 Å². The molecule has 2 aliphatic heterocycles. The van der Waals surface area contributed by atoms with E-state index >= 15 is 0 Å². The summed E-state index contributed by atoms with van der Waals surface area (Å²) in [5, 5.41) is 5.75. The van der Waals surface area contributed by atoms with Crippen LogP contribution in [0.1, 0.15) is 11.1 Å². The van der Waals surface area contributed by atoms with Gasteiger partial charge in [-0.25, -0.2) is 0 Å². The van der Waals surface area contributed by atoms with Crippen molar-refractivity contribution in [3.8, 4) is 0 Å². The van der Waals surface area contributed by atoms with E-state index in [0.717, 1.165) is 22.3 Å². The van der Waals surface area contributed by atoms with Gasteiger partial charge in [-0.2, -0.15) is 0 Å². The lowest BCUT2D eigenvalue weighted by Gasteiger charge is -2.45. The zero-order valence-corrected chi connectivity index (χ0v) is 22.2. The monoisotopic (exact) mass is 499 g/mol. The molecule has 0 aromatic heterocycles. The quantitative estimate of drug-likeness (QED) is 0.438. The summed E-state index contributed by atoms with van der Waals surface area (Å²) in [7, 11) is -2.28. The van der Waals surface area contributed by atoms with Crippen molar-refractivity contribution in [1.29, 1.82) is 0 Å². The number of carbonyl (C=O) groups is 1. The second-order valence-corrected chi connectivity index (χ2v) is 16.5. The third kappa shape index (κ3) is 4.21. The fourth-order valence-electron chi connectivity index (χ4n) is 5.00. The lowest BCUT2D eigenvalue weighted by Crippen LogP contribution is -2.59. The summed E-state index contributed by atoms with van der Waals surface area (Å²) < 4.78 is -0.241. The van der Waals surface area contributed by atoms with Crippen molar-refractivity contribution in [2.24, 2.45) is 0 Å². The van der Waals surface area contributed by atoms with Crippen LogP contribution in [0.25, 0.3) is 11.6 Å². The minimum atomic E-state index is -2.28. The number of amides is 1. The summed E-state index contributed by atoms with van der Waals surface area (Å²) >= 11 is 3.98. The average molecular weight is 500 g/mol. The Balaban J connectivity index is 1.72. The smallest absolute Gasteiger partial charge is 0.244 e. The van der Waals surface area contributed by atoms with E-state index in [9.17, 15) is 4.79 Å². The second-order valence-electron chi connectivity index (χ2n) is 9.19. The standard InChI is InChI=1S/C29H29NOS2Si/c1-34(2,24-16-10-5-11-17-24)27-26(23-14-8-4-9-15-23)29(32-20-21-33-29)25(30-28(27)31)19-18-22-12-6-3-7-13-22/h3-19,25H,20-21H2,1-2H3,(H,30,31)/b19-18+. The molecule has 1 unspecified atom stereocenters. The Morgan fingerprint density at radius 3 is 2.03 bits per heavy atom. The first-order valence-electron chi connectivity index (χ1n) is 11.7. The Kier molecular flexibility index (Phi) is 6.60. The maximum atomic E-state index is 14.0. The molecule has 2 nitrogen and oxygen atoms in total. The molecule has 0 bridgehead atoms. The van der Waals surface area contributed by atoms with Gasteiger partial charge in [0, 0.05) is 16.7 Å². The van der Waals surface area contributed by atoms with Gasteiger partial charge in [-0.15, -0.1) is 23.5 Å². The lowest BCUT2D eigenvalue weighted by molar-refractivity contribution is -0.117. The van der Waals surface area contributed by atoms with Crippen molar-refractivity contribution in [3.05, 3.63) is 113 Å². The fourth-order valence-corrected chi connectivity index (χ4v) is 11.6. The highest BCUT2D eigenvalue weighted by Crippen LogP contribution is 2.58. The second kappa shape index (κ2) is 9.65. The highest BCUT2D eigenvalue weighted by Gasteiger charge is 2.54. The van der Waals surface area contributed by atoms with Crippen molar-refractivity contribution in [2.75, 3.05) is 11.5 Å². The van der Waals surface area contributed by atoms with Crippen LogP contribution in [0.15, 0.2) is 102 Å². The van der Waals surface area contributed by atoms with Gasteiger partial charge in [-0.05, 0) is 16.7 Å². The summed E-state index contributed by atoms with van der Waals surface area (Å²) in [6, 6.07) is 31.5. The molecule has 0 saturated carbocycles. The number of hydrogen-bond acceptors (Lipinski definition) is 3. The maximum Gasteiger partial charge on any atom is 0.244 e. The molecule has 34 heavy (non-hydrogen) atoms. The van der Waals surface area contributed by atoms with E-state index < -0.39 is 8.07 Å². The summed E-state index contributed by atoms with van der Waals surface area (Å²) in [6.45, 7) is 4.64. The molecule has 3 aromatic rings. The van der Waals surface area contributed by atoms with E-state index in [-0.39, 0.29) is 16.0 Å². The Morgan fingerprint density at radius 2 is 1.41 bits per heavy atom. The normalized spacial score (nSPS) is 20.2. The SMILES string of the molecule is C[Si](C)(C1=C(c2ccccc2)C2(SCCS2)C(/C=C/c2ccccc2)NC1=O)c1ccccc1. The summed E-state index contributed by atoms with van der Waals surface area (Å²) in [5.41, 5.74) is 3.55. The van der Waals surface area contributed by atoms with Crippen molar-refractivity contribution < 1.29 is 4.79 Å². The first kappa shape index (κ1) is 23.3. The number of rotatable bonds is 5. The molecule has 5 heteroatoms. The van der Waals surface area contributed by atoms with Crippen LogP contribution in [-0.2, 0) is 4.79 Å². The van der Waals surface area contributed by atoms with Gasteiger partial charge < -0.3 is 5.32 Å². The molecule has 172 valence electrons. The van der Waals surface area contributed by atoms with E-state index in [1.54, 1.807) is 0 Å². The molecular formula is C29H29NOS2Si. The van der Waals surface area contributed by atoms with Gasteiger partial charge in [0.05, 0.1) is 6.04 Å². The molecule has 0 radical (unpaired) electrons. The summed E-state index contributed by atoms with van der Waals surface area (Å²) in [6.07, 6.45) is 4.36. The number of carbonyl (C=O) groups excluding carboxylic acids is 1. The molecule has 1 spiro atoms. The number of nitrogens with one attached hydrogen (secondary N) is 1. The van der Waals surface area contributed by atoms with Crippen LogP contribution in [-0.4, -0.2) is 35.6 Å². The molecule has 2 heterocycles. The van der Waals surface area contributed by atoms with Crippen LogP contribution in [0.3, 0.4) is 0 Å². The van der Waals surface area contributed by atoms with Crippen LogP contribution in [0.4, 0.5) is 0 Å². The minimum Gasteiger partial charge on any atom is -0.344 e. The van der Waals surface area contributed by atoms with Gasteiger partial charge >= 0.3 is 0 Å². The first-order chi connectivity index (χ1) is 16.5. The topological polar surface area (TPSA) is 29.1 Å². The Bertz CT molecular complexity index is 1220. The van der Waals surface area contributed by atoms with Gasteiger partial charge in [-0.1, -0.05) is 121 Å². The van der Waals surface area contributed by atoms with Crippen LogP contribution < -0.4 is 10.5 Å². The van der Waals surface area contributed by atoms with Crippen molar-refractivity contribution >= 4 is 54.3 Å². The summed E-state index contributed by atoms with van der Waals surface area (Å²) in [4.78, 5) is 14.0. The Labute approximate surface area is 212 Å². The first-order valence-corrected chi connectivity index (χ1v) is 16.7. The molecule has 1 atom stereocenters. The maximum absolute atomic E-state index is 14.0. The van der Waals surface area contributed by atoms with Crippen molar-refractivity contribution in [3.63, 3.8) is 0 Å². The lowest BCUT2D eigenvalue weighted by atomic mass is 9.92. The van der Waals surface area contributed by atoms with Gasteiger partial charge in [-0.3, -0.25) is 4.79 Å². The minimum absolute atomic E-state index is 0.0841. The molecule has 3 aromatic carbocycles. The fraction of sp³-hybridized carbons (Fsp3) is 0.207. The van der Waals surface area contributed by atoms with E-state index in [0.29, 0.717) is 0 Å². The average Bonchev–Trinajstić information content (AvgIpc) is 3.36. The van der Waals surface area contributed by atoms with Gasteiger partial charge in [0.15, 0.2) is 0 Å². The number of hydrogen-bond donors (Lipinski definition) is 1. The van der Waals surface area contributed by atoms with Gasteiger partial charge in [0.25, 0.3) is 0 Å². The van der Waals surface area contributed by atoms with Crippen molar-refractivity contribution in [1.82, 2.24) is 5.32 Å². The molecule has 1 fully saturated rings. The van der Waals surface area contributed by atoms with E-state index in [1.807, 2.05) is 29.6 Å². The van der Waals surface area contributed by atoms with Crippen LogP contribution in [0, 0.1) is 0 Å². The molecule has 0 aliphatic carbocycles. The van der Waals surface area contributed by atoms with Crippen molar-refractivity contribution in [2.45, 2.75) is 23.2 Å². The molecular weight excluding hydrogens is 471 g/mol. The molecule has 2 aliphatic rings. The summed E-state index contributed by atoms with van der Waals surface area (Å²) in [5.74, 6) is 2.24. The zero-order valence-electron chi connectivity index (χ0n) is 19.5. The van der Waals surface area contributed by atoms with Crippen LogP contribution in [0.2, 0.25) is 13.1 Å². The molecule has 1 N–H and O–H groups in total. The predicted octanol–water partition coefficient (Wildman–Crippen LogP) is 5.98. The van der Waals surface area contributed by atoms with Gasteiger partial charge in [0.2, 0.25) is 5.91 Å². The highest BCUT2D eigenvalue weighted by atomic mass is 32.2. The van der Waals surface area contributed by atoms with E-state index in [4.69, 9.17) is 0 Å². The third-order valence-electron chi connectivity index (χ3n) is 6.70. The van der Waals surface area contributed by atoms with Crippen LogP contribution >= 0.6 is 23.5 Å². The van der Waals surface area contributed by atoms with Gasteiger partial charge in [0.1, 0.15) is 12.2 Å². The number of benzene rings is 3. The molecule has 5 rings (SSSR count). The Morgan fingerprint density at radius 1 is 0.853 bits per heavy atom. The third-order valence-corrected chi connectivity index (χ3v) is 13.8. The van der Waals surface area contributed by atoms with Crippen LogP contribution in [0.5, 0.6) is 0 Å². The van der Waals surface area contributed by atoms with E-state index in [1.165, 1.54) is 16.3 Å².